The Kier molecular flexibility index (Phi) is 11.1. The van der Waals surface area contributed by atoms with Gasteiger partial charge < -0.3 is 15.4 Å². The lowest BCUT2D eigenvalue weighted by Crippen LogP contribution is -2.37. The van der Waals surface area contributed by atoms with Gasteiger partial charge in [0.2, 0.25) is 0 Å². The quantitative estimate of drug-likeness (QED) is 0.326. The summed E-state index contributed by atoms with van der Waals surface area (Å²) in [7, 11) is 1.70. The van der Waals surface area contributed by atoms with Crippen molar-refractivity contribution in [3.05, 3.63) is 48.0 Å². The van der Waals surface area contributed by atoms with Crippen molar-refractivity contribution in [1.82, 2.24) is 10.6 Å². The first kappa shape index (κ1) is 18.9. The van der Waals surface area contributed by atoms with Crippen LogP contribution in [0.25, 0.3) is 0 Å². The molecule has 0 heterocycles. The van der Waals surface area contributed by atoms with Crippen molar-refractivity contribution in [3.8, 4) is 0 Å². The summed E-state index contributed by atoms with van der Waals surface area (Å²) in [5, 5.41) is 6.37. The molecule has 0 saturated carbocycles. The summed E-state index contributed by atoms with van der Waals surface area (Å²) in [6.45, 7) is 8.55. The standard InChI is InChI=1S/C15H23N3O.HI/c1-4-9-17-15(16-5-2)18-11-13-7-6-8-14(10-13)12-19-3;/h4,6-8,10H,1,5,9,11-12H2,2-3H3,(H2,16,17,18);1H. The Labute approximate surface area is 138 Å². The first-order valence-electron chi connectivity index (χ1n) is 6.50. The third-order valence-corrected chi connectivity index (χ3v) is 2.48. The molecule has 2 N–H and O–H groups in total. The molecular weight excluding hydrogens is 365 g/mol. The van der Waals surface area contributed by atoms with Crippen LogP contribution in [0.2, 0.25) is 0 Å². The van der Waals surface area contributed by atoms with Crippen molar-refractivity contribution in [2.45, 2.75) is 20.1 Å². The highest BCUT2D eigenvalue weighted by molar-refractivity contribution is 14.0. The molecule has 0 radical (unpaired) electrons. The summed E-state index contributed by atoms with van der Waals surface area (Å²) in [5.41, 5.74) is 2.34. The zero-order valence-corrected chi connectivity index (χ0v) is 14.5. The van der Waals surface area contributed by atoms with E-state index in [4.69, 9.17) is 4.74 Å². The molecule has 0 amide bonds. The van der Waals surface area contributed by atoms with E-state index < -0.39 is 0 Å². The van der Waals surface area contributed by atoms with Crippen LogP contribution in [-0.4, -0.2) is 26.2 Å². The van der Waals surface area contributed by atoms with Crippen molar-refractivity contribution in [2.24, 2.45) is 4.99 Å². The summed E-state index contributed by atoms with van der Waals surface area (Å²) in [5.74, 6) is 0.805. The van der Waals surface area contributed by atoms with Gasteiger partial charge in [-0.2, -0.15) is 0 Å². The SMILES string of the molecule is C=CCNC(=NCc1cccc(COC)c1)NCC.I. The molecular formula is C15H24IN3O. The Morgan fingerprint density at radius 3 is 2.75 bits per heavy atom. The fourth-order valence-electron chi connectivity index (χ4n) is 1.67. The van der Waals surface area contributed by atoms with Gasteiger partial charge >= 0.3 is 0 Å². The van der Waals surface area contributed by atoms with E-state index in [-0.39, 0.29) is 24.0 Å². The van der Waals surface area contributed by atoms with E-state index in [2.05, 4.69) is 40.4 Å². The predicted octanol–water partition coefficient (Wildman–Crippen LogP) is 2.69. The van der Waals surface area contributed by atoms with Crippen LogP contribution in [0, 0.1) is 0 Å². The topological polar surface area (TPSA) is 45.7 Å². The number of hydrogen-bond donors (Lipinski definition) is 2. The fourth-order valence-corrected chi connectivity index (χ4v) is 1.67. The number of guanidine groups is 1. The lowest BCUT2D eigenvalue weighted by Gasteiger charge is -2.09. The van der Waals surface area contributed by atoms with Crippen LogP contribution in [-0.2, 0) is 17.9 Å². The zero-order chi connectivity index (χ0) is 13.9. The van der Waals surface area contributed by atoms with Crippen LogP contribution < -0.4 is 10.6 Å². The third kappa shape index (κ3) is 7.49. The Morgan fingerprint density at radius 1 is 1.35 bits per heavy atom. The summed E-state index contributed by atoms with van der Waals surface area (Å²) in [6.07, 6.45) is 1.81. The van der Waals surface area contributed by atoms with Gasteiger partial charge in [0, 0.05) is 20.2 Å². The lowest BCUT2D eigenvalue weighted by atomic mass is 10.1. The first-order valence-corrected chi connectivity index (χ1v) is 6.50. The largest absolute Gasteiger partial charge is 0.380 e. The van der Waals surface area contributed by atoms with E-state index >= 15 is 0 Å². The Balaban J connectivity index is 0.00000361. The van der Waals surface area contributed by atoms with E-state index in [1.807, 2.05) is 19.1 Å². The first-order chi connectivity index (χ1) is 9.30. The van der Waals surface area contributed by atoms with Crippen molar-refractivity contribution in [2.75, 3.05) is 20.2 Å². The Hall–Kier alpha value is -1.08. The van der Waals surface area contributed by atoms with Crippen LogP contribution in [0.15, 0.2) is 41.9 Å². The molecule has 0 atom stereocenters. The summed E-state index contributed by atoms with van der Waals surface area (Å²) in [6, 6.07) is 8.27. The minimum atomic E-state index is 0. The molecule has 0 aliphatic heterocycles. The maximum atomic E-state index is 5.13. The molecule has 4 nitrogen and oxygen atoms in total. The second-order valence-electron chi connectivity index (χ2n) is 4.12. The minimum absolute atomic E-state index is 0. The van der Waals surface area contributed by atoms with Crippen LogP contribution in [0.1, 0.15) is 18.1 Å². The van der Waals surface area contributed by atoms with Gasteiger partial charge in [-0.1, -0.05) is 30.3 Å². The molecule has 1 aromatic rings. The molecule has 0 fully saturated rings. The maximum absolute atomic E-state index is 5.13. The summed E-state index contributed by atoms with van der Waals surface area (Å²) < 4.78 is 5.13. The van der Waals surface area contributed by atoms with Gasteiger partial charge in [0.05, 0.1) is 13.2 Å². The fraction of sp³-hybridized carbons (Fsp3) is 0.400. The molecule has 0 unspecified atom stereocenters. The highest BCUT2D eigenvalue weighted by Gasteiger charge is 1.97. The lowest BCUT2D eigenvalue weighted by molar-refractivity contribution is 0.185. The second kappa shape index (κ2) is 11.7. The molecule has 20 heavy (non-hydrogen) atoms. The van der Waals surface area contributed by atoms with Crippen molar-refractivity contribution in [1.29, 1.82) is 0 Å². The van der Waals surface area contributed by atoms with Gasteiger partial charge in [0.15, 0.2) is 5.96 Å². The number of nitrogens with zero attached hydrogens (tertiary/aromatic N) is 1. The van der Waals surface area contributed by atoms with E-state index in [1.54, 1.807) is 7.11 Å². The number of methoxy groups -OCH3 is 1. The molecule has 1 rings (SSSR count). The van der Waals surface area contributed by atoms with Gasteiger partial charge in [-0.25, -0.2) is 4.99 Å². The van der Waals surface area contributed by atoms with E-state index in [0.717, 1.165) is 12.5 Å². The van der Waals surface area contributed by atoms with Crippen LogP contribution in [0.4, 0.5) is 0 Å². The predicted molar refractivity (Wildman–Crippen MR) is 95.6 cm³/mol. The van der Waals surface area contributed by atoms with Crippen molar-refractivity contribution in [3.63, 3.8) is 0 Å². The number of halogens is 1. The number of ether oxygens (including phenoxy) is 1. The average Bonchev–Trinajstić information content (AvgIpc) is 2.43. The highest BCUT2D eigenvalue weighted by Crippen LogP contribution is 2.07. The van der Waals surface area contributed by atoms with Crippen LogP contribution >= 0.6 is 24.0 Å². The maximum Gasteiger partial charge on any atom is 0.191 e. The van der Waals surface area contributed by atoms with Gasteiger partial charge in [-0.15, -0.1) is 30.6 Å². The molecule has 0 bridgehead atoms. The number of nitrogens with one attached hydrogen (secondary N) is 2. The second-order valence-corrected chi connectivity index (χ2v) is 4.12. The van der Waals surface area contributed by atoms with Crippen LogP contribution in [0.3, 0.4) is 0 Å². The number of hydrogen-bond acceptors (Lipinski definition) is 2. The van der Waals surface area contributed by atoms with Crippen LogP contribution in [0.5, 0.6) is 0 Å². The number of rotatable bonds is 7. The minimum Gasteiger partial charge on any atom is -0.380 e. The van der Waals surface area contributed by atoms with Crippen molar-refractivity contribution >= 4 is 29.9 Å². The molecule has 112 valence electrons. The Morgan fingerprint density at radius 2 is 2.10 bits per heavy atom. The smallest absolute Gasteiger partial charge is 0.191 e. The van der Waals surface area contributed by atoms with Gasteiger partial charge in [-0.05, 0) is 18.1 Å². The molecule has 0 aliphatic rings. The highest BCUT2D eigenvalue weighted by atomic mass is 127. The number of benzene rings is 1. The molecule has 0 aliphatic carbocycles. The van der Waals surface area contributed by atoms with E-state index in [9.17, 15) is 0 Å². The molecule has 0 aromatic heterocycles. The van der Waals surface area contributed by atoms with Crippen molar-refractivity contribution < 1.29 is 4.74 Å². The summed E-state index contributed by atoms with van der Waals surface area (Å²) in [4.78, 5) is 4.53. The molecule has 5 heteroatoms. The van der Waals surface area contributed by atoms with Gasteiger partial charge in [0.25, 0.3) is 0 Å². The van der Waals surface area contributed by atoms with E-state index in [0.29, 0.717) is 19.7 Å². The molecule has 0 saturated heterocycles. The van der Waals surface area contributed by atoms with Gasteiger partial charge in [0.1, 0.15) is 0 Å². The third-order valence-electron chi connectivity index (χ3n) is 2.48. The monoisotopic (exact) mass is 389 g/mol. The Bertz CT molecular complexity index is 421. The van der Waals surface area contributed by atoms with E-state index in [1.165, 1.54) is 11.1 Å². The van der Waals surface area contributed by atoms with Gasteiger partial charge in [-0.3, -0.25) is 0 Å². The summed E-state index contributed by atoms with van der Waals surface area (Å²) >= 11 is 0. The normalized spacial score (nSPS) is 10.6. The molecule has 0 spiro atoms. The average molecular weight is 389 g/mol. The number of aliphatic imine (C=N–C) groups is 1. The molecule has 1 aromatic carbocycles. The zero-order valence-electron chi connectivity index (χ0n) is 12.2.